The maximum Gasteiger partial charge on any atom is 1.00 e. The zero-order valence-corrected chi connectivity index (χ0v) is 8.53. The van der Waals surface area contributed by atoms with Gasteiger partial charge in [-0.15, -0.1) is 0 Å². The van der Waals surface area contributed by atoms with Crippen LogP contribution in [0.2, 0.25) is 0 Å². The summed E-state index contributed by atoms with van der Waals surface area (Å²) in [6.45, 7) is 0. The molecule has 0 aromatic heterocycles. The number of hydrogen-bond donors (Lipinski definition) is 0. The molecule has 0 radical (unpaired) electrons. The van der Waals surface area contributed by atoms with E-state index in [0.29, 0.717) is 0 Å². The molecule has 0 heterocycles. The van der Waals surface area contributed by atoms with Crippen LogP contribution < -0.4 is 59.1 Å². The first-order valence-electron chi connectivity index (χ1n) is 0. The first-order valence-corrected chi connectivity index (χ1v) is 0. The van der Waals surface area contributed by atoms with E-state index in [9.17, 15) is 0 Å². The van der Waals surface area contributed by atoms with Crippen molar-refractivity contribution < 1.29 is 63.8 Å². The summed E-state index contributed by atoms with van der Waals surface area (Å²) in [4.78, 5) is 0. The average Bonchev–Trinajstić information content (AvgIpc) is 0. The SMILES string of the molecule is F.[Na+].[Na+].[Se-2]. The maximum atomic E-state index is 0. The van der Waals surface area contributed by atoms with Crippen molar-refractivity contribution in [3.05, 3.63) is 0 Å². The molecule has 0 aliphatic rings. The van der Waals surface area contributed by atoms with E-state index in [1.807, 2.05) is 0 Å². The predicted molar refractivity (Wildman–Crippen MR) is 8.26 cm³/mol. The van der Waals surface area contributed by atoms with Crippen LogP contribution in [0, 0.1) is 0 Å². The van der Waals surface area contributed by atoms with Crippen LogP contribution in [0.1, 0.15) is 0 Å². The molecule has 0 aliphatic heterocycles. The summed E-state index contributed by atoms with van der Waals surface area (Å²) in [6, 6.07) is 0. The van der Waals surface area contributed by atoms with Crippen molar-refractivity contribution >= 4 is 17.1 Å². The Morgan fingerprint density at radius 2 is 0.750 bits per heavy atom. The van der Waals surface area contributed by atoms with Gasteiger partial charge >= 0.3 is 59.1 Å². The third-order valence-corrected chi connectivity index (χ3v) is 0. The summed E-state index contributed by atoms with van der Waals surface area (Å²) in [7, 11) is 0. The van der Waals surface area contributed by atoms with Crippen molar-refractivity contribution in [2.75, 3.05) is 0 Å². The van der Waals surface area contributed by atoms with Crippen LogP contribution in [0.5, 0.6) is 0 Å². The molecule has 0 unspecified atom stereocenters. The third-order valence-electron chi connectivity index (χ3n) is 0. The van der Waals surface area contributed by atoms with E-state index in [4.69, 9.17) is 0 Å². The molecule has 4 heteroatoms. The van der Waals surface area contributed by atoms with Crippen molar-refractivity contribution in [3.63, 3.8) is 0 Å². The second kappa shape index (κ2) is 18.0. The Hall–Kier alpha value is 2.45. The minimum Gasteiger partial charge on any atom is -2.00 e. The Labute approximate surface area is 79.5 Å². The van der Waals surface area contributed by atoms with Gasteiger partial charge in [-0.3, -0.25) is 4.70 Å². The van der Waals surface area contributed by atoms with E-state index >= 15 is 0 Å². The van der Waals surface area contributed by atoms with Crippen LogP contribution in [-0.2, 0) is 0 Å². The van der Waals surface area contributed by atoms with Gasteiger partial charge in [-0.25, -0.2) is 0 Å². The second-order valence-corrected chi connectivity index (χ2v) is 0. The standard InChI is InChI=1S/FH.2Na.Se/h1H;;;/q;2*+1;-2. The normalized spacial score (nSPS) is 0. The van der Waals surface area contributed by atoms with Crippen molar-refractivity contribution in [2.24, 2.45) is 0 Å². The minimum atomic E-state index is 0. The fraction of sp³-hybridized carbons (Fsp3) is 0. The number of rotatable bonds is 0. The molecule has 0 amide bonds. The molecule has 0 rings (SSSR count). The molecular weight excluding hydrogens is 144 g/mol. The van der Waals surface area contributed by atoms with E-state index in [2.05, 4.69) is 0 Å². The van der Waals surface area contributed by atoms with Crippen LogP contribution in [0.25, 0.3) is 0 Å². The summed E-state index contributed by atoms with van der Waals surface area (Å²) in [5.41, 5.74) is 0. The topological polar surface area (TPSA) is 0 Å². The van der Waals surface area contributed by atoms with Gasteiger partial charge in [-0.2, -0.15) is 0 Å². The van der Waals surface area contributed by atoms with Crippen molar-refractivity contribution in [3.8, 4) is 0 Å². The fourth-order valence-corrected chi connectivity index (χ4v) is 0. The molecule has 0 spiro atoms. The Kier molecular flexibility index (Phi) is 144. The molecule has 0 atom stereocenters. The van der Waals surface area contributed by atoms with Gasteiger partial charge in [-0.05, 0) is 0 Å². The van der Waals surface area contributed by atoms with Crippen LogP contribution >= 0.6 is 0 Å². The monoisotopic (exact) mass is 146 g/mol. The van der Waals surface area contributed by atoms with Crippen molar-refractivity contribution in [2.45, 2.75) is 0 Å². The first kappa shape index (κ1) is 31.9. The Morgan fingerprint density at radius 3 is 0.750 bits per heavy atom. The van der Waals surface area contributed by atoms with Crippen LogP contribution in [0.4, 0.5) is 4.70 Å². The summed E-state index contributed by atoms with van der Waals surface area (Å²) < 4.78 is 0. The van der Waals surface area contributed by atoms with Crippen molar-refractivity contribution in [1.29, 1.82) is 0 Å². The molecule has 0 bridgehead atoms. The molecule has 16 valence electrons. The van der Waals surface area contributed by atoms with Gasteiger partial charge in [0.1, 0.15) is 0 Å². The summed E-state index contributed by atoms with van der Waals surface area (Å²) >= 11 is 0. The van der Waals surface area contributed by atoms with E-state index < -0.39 is 0 Å². The number of hydrogen-bond acceptors (Lipinski definition) is 0. The summed E-state index contributed by atoms with van der Waals surface area (Å²) in [5, 5.41) is 0. The molecule has 0 saturated heterocycles. The van der Waals surface area contributed by atoms with Gasteiger partial charge in [-0.1, -0.05) is 0 Å². The zero-order valence-electron chi connectivity index (χ0n) is 2.82. The van der Waals surface area contributed by atoms with Gasteiger partial charge in [0, 0.05) is 0 Å². The smallest absolute Gasteiger partial charge is 1.00 e. The van der Waals surface area contributed by atoms with Crippen LogP contribution in [-0.4, -0.2) is 17.1 Å². The molecule has 0 nitrogen and oxygen atoms in total. The zero-order chi connectivity index (χ0) is 0. The van der Waals surface area contributed by atoms with E-state index in [1.165, 1.54) is 0 Å². The third kappa shape index (κ3) is 8.82. The largest absolute Gasteiger partial charge is 2.00 e. The molecule has 0 aromatic rings. The van der Waals surface area contributed by atoms with Gasteiger partial charge in [0.25, 0.3) is 0 Å². The van der Waals surface area contributed by atoms with Gasteiger partial charge < -0.3 is 17.1 Å². The Morgan fingerprint density at radius 1 is 0.750 bits per heavy atom. The molecule has 0 aliphatic carbocycles. The number of halogens is 1. The van der Waals surface area contributed by atoms with Gasteiger partial charge in [0.15, 0.2) is 0 Å². The molecular formula is HFNa2Se. The van der Waals surface area contributed by atoms with E-state index in [1.54, 1.807) is 0 Å². The Balaban J connectivity index is 0. The van der Waals surface area contributed by atoms with Crippen LogP contribution in [0.3, 0.4) is 0 Å². The van der Waals surface area contributed by atoms with E-state index in [0.717, 1.165) is 0 Å². The van der Waals surface area contributed by atoms with E-state index in [-0.39, 0.29) is 80.9 Å². The fourth-order valence-electron chi connectivity index (χ4n) is 0. The molecule has 0 N–H and O–H groups in total. The molecule has 0 saturated carbocycles. The molecule has 0 aromatic carbocycles. The second-order valence-electron chi connectivity index (χ2n) is 0. The quantitative estimate of drug-likeness (QED) is 0.297. The average molecular weight is 145 g/mol. The van der Waals surface area contributed by atoms with Crippen LogP contribution in [0.15, 0.2) is 0 Å². The van der Waals surface area contributed by atoms with Gasteiger partial charge in [0.05, 0.1) is 0 Å². The minimum absolute atomic E-state index is 0. The van der Waals surface area contributed by atoms with Gasteiger partial charge in [0.2, 0.25) is 0 Å². The first-order chi connectivity index (χ1) is 0. The maximum absolute atomic E-state index is 0. The Bertz CT molecular complexity index is 6.00. The molecule has 0 fully saturated rings. The summed E-state index contributed by atoms with van der Waals surface area (Å²) in [6.07, 6.45) is 0. The van der Waals surface area contributed by atoms with Crippen molar-refractivity contribution in [1.82, 2.24) is 0 Å². The predicted octanol–water partition coefficient (Wildman–Crippen LogP) is -6.22. The molecule has 4 heavy (non-hydrogen) atoms. The summed E-state index contributed by atoms with van der Waals surface area (Å²) in [5.74, 6) is 0.